The Balaban J connectivity index is 1.89. The zero-order valence-electron chi connectivity index (χ0n) is 15.5. The largest absolute Gasteiger partial charge is 0.414 e. The summed E-state index contributed by atoms with van der Waals surface area (Å²) in [7, 11) is -2.60. The molecular formula is C19H38OSi2. The van der Waals surface area contributed by atoms with Gasteiger partial charge in [-0.15, -0.1) is 0 Å². The zero-order chi connectivity index (χ0) is 15.8. The molecule has 0 aromatic carbocycles. The van der Waals surface area contributed by atoms with E-state index in [-0.39, 0.29) is 0 Å². The van der Waals surface area contributed by atoms with E-state index in [9.17, 15) is 0 Å². The molecule has 3 rings (SSSR count). The molecule has 1 saturated heterocycles. The second-order valence-corrected chi connectivity index (χ2v) is 24.8. The molecule has 0 aromatic rings. The first-order chi connectivity index (χ1) is 10.4. The molecule has 2 aliphatic carbocycles. The van der Waals surface area contributed by atoms with Crippen LogP contribution in [0, 0.1) is 11.8 Å². The van der Waals surface area contributed by atoms with E-state index in [1.807, 2.05) is 0 Å². The molecule has 0 radical (unpaired) electrons. The Morgan fingerprint density at radius 1 is 0.727 bits per heavy atom. The van der Waals surface area contributed by atoms with Crippen LogP contribution in [0.3, 0.4) is 0 Å². The Bertz CT molecular complexity index is 361. The lowest BCUT2D eigenvalue weighted by Crippen LogP contribution is -2.68. The van der Waals surface area contributed by atoms with Gasteiger partial charge < -0.3 is 4.43 Å². The Morgan fingerprint density at radius 3 is 1.59 bits per heavy atom. The average Bonchev–Trinajstić information content (AvgIpc) is 2.52. The Kier molecular flexibility index (Phi) is 4.98. The summed E-state index contributed by atoms with van der Waals surface area (Å²) in [6.07, 6.45) is 16.1. The van der Waals surface area contributed by atoms with E-state index < -0.39 is 15.4 Å². The maximum atomic E-state index is 7.36. The Hall–Kier alpha value is 0.394. The lowest BCUT2D eigenvalue weighted by atomic mass is 9.65. The highest BCUT2D eigenvalue weighted by atomic mass is 29.3. The van der Waals surface area contributed by atoms with Gasteiger partial charge >= 0.3 is 0 Å². The van der Waals surface area contributed by atoms with E-state index in [2.05, 4.69) is 26.2 Å². The summed E-state index contributed by atoms with van der Waals surface area (Å²) < 4.78 is 7.36. The molecule has 0 bridgehead atoms. The normalized spacial score (nSPS) is 32.7. The van der Waals surface area contributed by atoms with Gasteiger partial charge in [-0.1, -0.05) is 57.7 Å². The lowest BCUT2D eigenvalue weighted by Gasteiger charge is -2.59. The van der Waals surface area contributed by atoms with Crippen molar-refractivity contribution in [2.24, 2.45) is 11.8 Å². The van der Waals surface area contributed by atoms with Crippen LogP contribution in [0.4, 0.5) is 0 Å². The second kappa shape index (κ2) is 6.36. The lowest BCUT2D eigenvalue weighted by molar-refractivity contribution is -0.0810. The topological polar surface area (TPSA) is 9.23 Å². The minimum atomic E-state index is -1.48. The quantitative estimate of drug-likeness (QED) is 0.537. The summed E-state index contributed by atoms with van der Waals surface area (Å²) in [4.78, 5) is 0. The van der Waals surface area contributed by atoms with Crippen LogP contribution in [-0.4, -0.2) is 21.0 Å². The van der Waals surface area contributed by atoms with Gasteiger partial charge in [0.2, 0.25) is 0 Å². The minimum absolute atomic E-state index is 0.305. The molecule has 3 aliphatic rings. The monoisotopic (exact) mass is 338 g/mol. The Labute approximate surface area is 140 Å². The fraction of sp³-hybridized carbons (Fsp3) is 1.00. The van der Waals surface area contributed by atoms with Gasteiger partial charge in [0.15, 0.2) is 7.83 Å². The highest BCUT2D eigenvalue weighted by molar-refractivity contribution is 7.38. The van der Waals surface area contributed by atoms with Crippen molar-refractivity contribution in [1.82, 2.24) is 0 Å². The van der Waals surface area contributed by atoms with Gasteiger partial charge in [0.05, 0.1) is 13.2 Å². The van der Waals surface area contributed by atoms with E-state index in [1.165, 1.54) is 70.6 Å². The van der Waals surface area contributed by atoms with Crippen molar-refractivity contribution in [3.05, 3.63) is 0 Å². The molecule has 128 valence electrons. The van der Waals surface area contributed by atoms with Crippen LogP contribution in [0.25, 0.3) is 0 Å². The smallest absolute Gasteiger partial charge is 0.174 e. The summed E-state index contributed by atoms with van der Waals surface area (Å²) >= 11 is 0. The van der Waals surface area contributed by atoms with Crippen molar-refractivity contribution in [1.29, 1.82) is 0 Å². The fourth-order valence-corrected chi connectivity index (χ4v) is 12.4. The maximum Gasteiger partial charge on any atom is 0.174 e. The van der Waals surface area contributed by atoms with Crippen molar-refractivity contribution in [3.63, 3.8) is 0 Å². The third kappa shape index (κ3) is 3.02. The molecule has 0 spiro atoms. The molecule has 0 unspecified atom stereocenters. The molecule has 0 aromatic heterocycles. The van der Waals surface area contributed by atoms with Crippen molar-refractivity contribution in [2.45, 2.75) is 108 Å². The van der Waals surface area contributed by atoms with E-state index in [1.54, 1.807) is 6.04 Å². The van der Waals surface area contributed by atoms with Crippen LogP contribution in [0.2, 0.25) is 32.2 Å². The molecule has 1 heterocycles. The van der Waals surface area contributed by atoms with Gasteiger partial charge in [0, 0.05) is 0 Å². The molecule has 1 nitrogen and oxygen atoms in total. The minimum Gasteiger partial charge on any atom is -0.414 e. The predicted octanol–water partition coefficient (Wildman–Crippen LogP) is 6.30. The number of rotatable bonds is 2. The highest BCUT2D eigenvalue weighted by Crippen LogP contribution is 2.53. The molecule has 22 heavy (non-hydrogen) atoms. The molecule has 0 N–H and O–H groups in total. The van der Waals surface area contributed by atoms with E-state index >= 15 is 0 Å². The predicted molar refractivity (Wildman–Crippen MR) is 101 cm³/mol. The summed E-state index contributed by atoms with van der Waals surface area (Å²) in [6.45, 7) is 10.4. The van der Waals surface area contributed by atoms with Crippen LogP contribution >= 0.6 is 0 Å². The van der Waals surface area contributed by atoms with Crippen LogP contribution in [0.1, 0.15) is 70.6 Å². The summed E-state index contributed by atoms with van der Waals surface area (Å²) in [5, 5.41) is 0. The van der Waals surface area contributed by atoms with Crippen LogP contribution in [0.15, 0.2) is 0 Å². The standard InChI is InChI=1S/C19H38OSi2/c1-21(2)16-15-19(20-22(21,3)4,17-11-7-5-8-12-17)18-13-9-6-10-14-18/h17-18H,5-16H2,1-4H3. The van der Waals surface area contributed by atoms with Gasteiger partial charge in [-0.25, -0.2) is 0 Å². The van der Waals surface area contributed by atoms with E-state index in [4.69, 9.17) is 4.43 Å². The van der Waals surface area contributed by atoms with E-state index in [0.717, 1.165) is 11.8 Å². The first-order valence-corrected chi connectivity index (χ1v) is 17.2. The fourth-order valence-electron chi connectivity index (χ4n) is 5.56. The molecule has 0 amide bonds. The summed E-state index contributed by atoms with van der Waals surface area (Å²) in [5.41, 5.74) is 0.305. The first kappa shape index (κ1) is 17.2. The molecule has 3 fully saturated rings. The summed E-state index contributed by atoms with van der Waals surface area (Å²) in [5.74, 6) is 1.78. The number of hydrogen-bond donors (Lipinski definition) is 0. The second-order valence-electron chi connectivity index (χ2n) is 9.62. The first-order valence-electron chi connectivity index (χ1n) is 10.1. The zero-order valence-corrected chi connectivity index (χ0v) is 17.5. The van der Waals surface area contributed by atoms with Crippen LogP contribution in [0.5, 0.6) is 0 Å². The van der Waals surface area contributed by atoms with Gasteiger partial charge in [0.1, 0.15) is 0 Å². The molecular weight excluding hydrogens is 300 g/mol. The maximum absolute atomic E-state index is 7.36. The van der Waals surface area contributed by atoms with Crippen molar-refractivity contribution >= 4 is 15.4 Å². The van der Waals surface area contributed by atoms with Crippen molar-refractivity contribution in [3.8, 4) is 0 Å². The van der Waals surface area contributed by atoms with Crippen molar-refractivity contribution < 1.29 is 4.43 Å². The molecule has 0 atom stereocenters. The molecule has 3 heteroatoms. The average molecular weight is 339 g/mol. The van der Waals surface area contributed by atoms with Crippen molar-refractivity contribution in [2.75, 3.05) is 0 Å². The van der Waals surface area contributed by atoms with Gasteiger partial charge in [-0.2, -0.15) is 0 Å². The van der Waals surface area contributed by atoms with Gasteiger partial charge in [0.25, 0.3) is 0 Å². The van der Waals surface area contributed by atoms with Gasteiger partial charge in [-0.3, -0.25) is 0 Å². The molecule has 2 saturated carbocycles. The van der Waals surface area contributed by atoms with Crippen LogP contribution in [-0.2, 0) is 4.43 Å². The SMILES string of the molecule is C[Si]1(C)CCC(C2CCCCC2)(C2CCCCC2)O[Si]1(C)C. The third-order valence-electron chi connectivity index (χ3n) is 7.81. The van der Waals surface area contributed by atoms with Crippen LogP contribution < -0.4 is 0 Å². The summed E-state index contributed by atoms with van der Waals surface area (Å²) in [6, 6.07) is 1.54. The molecule has 1 aliphatic heterocycles. The van der Waals surface area contributed by atoms with E-state index in [0.29, 0.717) is 5.60 Å². The third-order valence-corrected chi connectivity index (χ3v) is 24.3. The number of hydrogen-bond acceptors (Lipinski definition) is 1. The van der Waals surface area contributed by atoms with Gasteiger partial charge in [-0.05, 0) is 57.0 Å². The Morgan fingerprint density at radius 2 is 1.18 bits per heavy atom. The highest BCUT2D eigenvalue weighted by Gasteiger charge is 2.57.